The Hall–Kier alpha value is -3.39. The number of rotatable bonds is 7. The van der Waals surface area contributed by atoms with Crippen molar-refractivity contribution in [2.45, 2.75) is 19.8 Å². The highest BCUT2D eigenvalue weighted by Gasteiger charge is 2.14. The molecular weight excluding hydrogens is 404 g/mol. The summed E-state index contributed by atoms with van der Waals surface area (Å²) < 4.78 is 15.9. The van der Waals surface area contributed by atoms with Gasteiger partial charge in [0.05, 0.1) is 19.3 Å². The summed E-state index contributed by atoms with van der Waals surface area (Å²) in [4.78, 5) is 24.3. The van der Waals surface area contributed by atoms with Crippen LogP contribution in [0.3, 0.4) is 0 Å². The van der Waals surface area contributed by atoms with Gasteiger partial charge in [0.2, 0.25) is 0 Å². The van der Waals surface area contributed by atoms with Crippen molar-refractivity contribution in [1.82, 2.24) is 5.32 Å². The van der Waals surface area contributed by atoms with E-state index in [1.54, 1.807) is 55.6 Å². The minimum Gasteiger partial charge on any atom is -0.497 e. The molecule has 1 amide bonds. The molecule has 0 saturated carbocycles. The molecule has 0 aliphatic rings. The molecule has 0 aliphatic heterocycles. The minimum atomic E-state index is -0.473. The maximum Gasteiger partial charge on any atom is 0.338 e. The van der Waals surface area contributed by atoms with E-state index in [2.05, 4.69) is 10.6 Å². The quantitative estimate of drug-likeness (QED) is 0.326. The molecule has 0 atom stereocenters. The van der Waals surface area contributed by atoms with Crippen molar-refractivity contribution >= 4 is 45.9 Å². The first kappa shape index (κ1) is 21.3. The summed E-state index contributed by atoms with van der Waals surface area (Å²) in [5.41, 5.74) is 1.64. The summed E-state index contributed by atoms with van der Waals surface area (Å²) in [5.74, 6) is -0.0381. The Morgan fingerprint density at radius 1 is 1.10 bits per heavy atom. The van der Waals surface area contributed by atoms with Gasteiger partial charge >= 0.3 is 5.97 Å². The molecule has 0 radical (unpaired) electrons. The maximum atomic E-state index is 12.4. The number of furan rings is 1. The molecule has 0 bridgehead atoms. The number of methoxy groups -OCH3 is 1. The van der Waals surface area contributed by atoms with E-state index in [4.69, 9.17) is 26.1 Å². The lowest BCUT2D eigenvalue weighted by Gasteiger charge is -2.09. The second kappa shape index (κ2) is 9.89. The van der Waals surface area contributed by atoms with Crippen molar-refractivity contribution in [3.8, 4) is 5.75 Å². The highest BCUT2D eigenvalue weighted by molar-refractivity contribution is 7.80. The van der Waals surface area contributed by atoms with E-state index in [0.29, 0.717) is 29.2 Å². The molecule has 0 aliphatic carbocycles. The molecule has 0 unspecified atom stereocenters. The summed E-state index contributed by atoms with van der Waals surface area (Å²) in [7, 11) is 1.57. The van der Waals surface area contributed by atoms with Crippen LogP contribution in [0, 0.1) is 0 Å². The highest BCUT2D eigenvalue weighted by atomic mass is 32.1. The second-order valence-corrected chi connectivity index (χ2v) is 6.90. The van der Waals surface area contributed by atoms with Crippen LogP contribution in [0.15, 0.2) is 52.9 Å². The van der Waals surface area contributed by atoms with Gasteiger partial charge in [-0.05, 0) is 67.2 Å². The largest absolute Gasteiger partial charge is 0.497 e. The van der Waals surface area contributed by atoms with Gasteiger partial charge in [-0.15, -0.1) is 0 Å². The normalized spacial score (nSPS) is 10.5. The van der Waals surface area contributed by atoms with Crippen molar-refractivity contribution in [2.24, 2.45) is 0 Å². The standard InChI is InChI=1S/C22H22N2O5S/c1-3-4-11-28-21(26)14-5-7-16(8-6-14)23-22(30)24-20(25)19-13-15-12-17(27-2)9-10-18(15)29-19/h5-10,12-13H,3-4,11H2,1-2H3,(H2,23,24,25,30). The number of unbranched alkanes of at least 4 members (excludes halogenated alkanes) is 1. The van der Waals surface area contributed by atoms with Gasteiger partial charge in [-0.2, -0.15) is 0 Å². The van der Waals surface area contributed by atoms with Crippen molar-refractivity contribution in [2.75, 3.05) is 19.0 Å². The third kappa shape index (κ3) is 5.36. The molecule has 3 rings (SSSR count). The first-order valence-electron chi connectivity index (χ1n) is 9.47. The molecule has 3 aromatic rings. The van der Waals surface area contributed by atoms with Gasteiger partial charge in [0, 0.05) is 11.1 Å². The Kier molecular flexibility index (Phi) is 7.03. The van der Waals surface area contributed by atoms with Crippen LogP contribution in [0.1, 0.15) is 40.7 Å². The van der Waals surface area contributed by atoms with Gasteiger partial charge in [-0.25, -0.2) is 4.79 Å². The van der Waals surface area contributed by atoms with Crippen LogP contribution in [-0.4, -0.2) is 30.7 Å². The van der Waals surface area contributed by atoms with Gasteiger partial charge in [0.15, 0.2) is 10.9 Å². The smallest absolute Gasteiger partial charge is 0.338 e. The molecule has 2 aromatic carbocycles. The average Bonchev–Trinajstić information content (AvgIpc) is 3.17. The number of amides is 1. The van der Waals surface area contributed by atoms with E-state index in [0.717, 1.165) is 18.2 Å². The number of ether oxygens (including phenoxy) is 2. The molecule has 0 fully saturated rings. The number of esters is 1. The lowest BCUT2D eigenvalue weighted by Crippen LogP contribution is -2.33. The molecular formula is C22H22N2O5S. The van der Waals surface area contributed by atoms with Crippen LogP contribution < -0.4 is 15.4 Å². The van der Waals surface area contributed by atoms with E-state index in [9.17, 15) is 9.59 Å². The molecule has 156 valence electrons. The molecule has 7 nitrogen and oxygen atoms in total. The third-order valence-corrected chi connectivity index (χ3v) is 4.49. The Balaban J connectivity index is 1.57. The van der Waals surface area contributed by atoms with E-state index < -0.39 is 5.91 Å². The topological polar surface area (TPSA) is 89.8 Å². The fourth-order valence-electron chi connectivity index (χ4n) is 2.67. The van der Waals surface area contributed by atoms with E-state index in [1.807, 2.05) is 6.92 Å². The number of fused-ring (bicyclic) bond motifs is 1. The first-order valence-corrected chi connectivity index (χ1v) is 9.88. The van der Waals surface area contributed by atoms with Gasteiger partial charge < -0.3 is 19.2 Å². The molecule has 0 saturated heterocycles. The monoisotopic (exact) mass is 426 g/mol. The zero-order valence-electron chi connectivity index (χ0n) is 16.7. The number of nitrogens with one attached hydrogen (secondary N) is 2. The summed E-state index contributed by atoms with van der Waals surface area (Å²) in [5, 5.41) is 6.33. The fourth-order valence-corrected chi connectivity index (χ4v) is 2.88. The number of anilines is 1. The Morgan fingerprint density at radius 3 is 2.57 bits per heavy atom. The van der Waals surface area contributed by atoms with E-state index >= 15 is 0 Å². The second-order valence-electron chi connectivity index (χ2n) is 6.49. The van der Waals surface area contributed by atoms with Gasteiger partial charge in [-0.3, -0.25) is 10.1 Å². The summed E-state index contributed by atoms with van der Waals surface area (Å²) in [6, 6.07) is 13.5. The molecule has 1 aromatic heterocycles. The zero-order valence-corrected chi connectivity index (χ0v) is 17.5. The predicted molar refractivity (Wildman–Crippen MR) is 118 cm³/mol. The van der Waals surface area contributed by atoms with Gasteiger partial charge in [-0.1, -0.05) is 13.3 Å². The number of hydrogen-bond donors (Lipinski definition) is 2. The lowest BCUT2D eigenvalue weighted by molar-refractivity contribution is 0.0499. The molecule has 0 spiro atoms. The SMILES string of the molecule is CCCCOC(=O)c1ccc(NC(=S)NC(=O)c2cc3cc(OC)ccc3o2)cc1. The third-order valence-electron chi connectivity index (χ3n) is 4.28. The summed E-state index contributed by atoms with van der Waals surface area (Å²) in [6.45, 7) is 2.43. The fraction of sp³-hybridized carbons (Fsp3) is 0.227. The van der Waals surface area contributed by atoms with Crippen LogP contribution in [0.2, 0.25) is 0 Å². The Bertz CT molecular complexity index is 1060. The van der Waals surface area contributed by atoms with Crippen molar-refractivity contribution in [1.29, 1.82) is 0 Å². The minimum absolute atomic E-state index is 0.108. The van der Waals surface area contributed by atoms with E-state index in [1.165, 1.54) is 0 Å². The van der Waals surface area contributed by atoms with Crippen LogP contribution >= 0.6 is 12.2 Å². The predicted octanol–water partition coefficient (Wildman–Crippen LogP) is 4.53. The van der Waals surface area contributed by atoms with Crippen LogP contribution in [0.4, 0.5) is 5.69 Å². The van der Waals surface area contributed by atoms with Gasteiger partial charge in [0.1, 0.15) is 11.3 Å². The molecule has 1 heterocycles. The maximum absolute atomic E-state index is 12.4. The highest BCUT2D eigenvalue weighted by Crippen LogP contribution is 2.24. The van der Waals surface area contributed by atoms with Crippen molar-refractivity contribution in [3.05, 3.63) is 59.9 Å². The number of thiocarbonyl (C=S) groups is 1. The van der Waals surface area contributed by atoms with Crippen LogP contribution in [-0.2, 0) is 4.74 Å². The number of hydrogen-bond acceptors (Lipinski definition) is 6. The molecule has 8 heteroatoms. The zero-order chi connectivity index (χ0) is 21.5. The Morgan fingerprint density at radius 2 is 1.87 bits per heavy atom. The number of carbonyl (C=O) groups is 2. The van der Waals surface area contributed by atoms with Gasteiger partial charge in [0.25, 0.3) is 5.91 Å². The number of carbonyl (C=O) groups excluding carboxylic acids is 2. The van der Waals surface area contributed by atoms with Crippen molar-refractivity contribution < 1.29 is 23.5 Å². The molecule has 2 N–H and O–H groups in total. The summed E-state index contributed by atoms with van der Waals surface area (Å²) >= 11 is 5.19. The average molecular weight is 426 g/mol. The van der Waals surface area contributed by atoms with Crippen molar-refractivity contribution in [3.63, 3.8) is 0 Å². The first-order chi connectivity index (χ1) is 14.5. The summed E-state index contributed by atoms with van der Waals surface area (Å²) in [6.07, 6.45) is 1.79. The van der Waals surface area contributed by atoms with Crippen LogP contribution in [0.25, 0.3) is 11.0 Å². The number of benzene rings is 2. The lowest BCUT2D eigenvalue weighted by atomic mass is 10.2. The molecule has 30 heavy (non-hydrogen) atoms. The Labute approximate surface area is 179 Å². The van der Waals surface area contributed by atoms with E-state index in [-0.39, 0.29) is 16.8 Å². The van der Waals surface area contributed by atoms with Crippen LogP contribution in [0.5, 0.6) is 5.75 Å².